The van der Waals surface area contributed by atoms with Gasteiger partial charge in [0.15, 0.2) is 0 Å². The Morgan fingerprint density at radius 1 is 0.737 bits per heavy atom. The summed E-state index contributed by atoms with van der Waals surface area (Å²) in [6.45, 7) is -3.07. The maximum Gasteiger partial charge on any atom is 0.339 e. The van der Waals surface area contributed by atoms with E-state index in [1.165, 1.54) is 7.11 Å². The second-order valence-corrected chi connectivity index (χ2v) is 11.9. The van der Waals surface area contributed by atoms with Gasteiger partial charge in [-0.15, -0.1) is 0 Å². The van der Waals surface area contributed by atoms with Crippen LogP contribution < -0.4 is 15.9 Å². The smallest absolute Gasteiger partial charge is 0.339 e. The molecule has 0 atom stereocenters. The number of nitro groups is 1. The lowest BCUT2D eigenvalue weighted by Gasteiger charge is -2.32. The largest absolute Gasteiger partial charge is 0.502 e. The van der Waals surface area contributed by atoms with Gasteiger partial charge in [0.05, 0.1) is 23.2 Å². The number of esters is 1. The first-order valence-electron chi connectivity index (χ1n) is 11.9. The summed E-state index contributed by atoms with van der Waals surface area (Å²) in [7, 11) is 1.24. The van der Waals surface area contributed by atoms with Gasteiger partial charge < -0.3 is 9.84 Å². The molecule has 0 spiro atoms. The molecule has 0 unspecified atom stereocenters. The van der Waals surface area contributed by atoms with Crippen LogP contribution in [0.25, 0.3) is 5.57 Å². The van der Waals surface area contributed by atoms with Crippen molar-refractivity contribution in [1.29, 1.82) is 0 Å². The van der Waals surface area contributed by atoms with Crippen LogP contribution in [0.2, 0.25) is 0 Å². The Morgan fingerprint density at radius 2 is 1.13 bits per heavy atom. The molecular weight excluding hydrogens is 497 g/mol. The van der Waals surface area contributed by atoms with Crippen molar-refractivity contribution in [2.45, 2.75) is 0 Å². The van der Waals surface area contributed by atoms with E-state index in [0.29, 0.717) is 5.56 Å². The van der Waals surface area contributed by atoms with Gasteiger partial charge in [-0.1, -0.05) is 121 Å². The van der Waals surface area contributed by atoms with Crippen molar-refractivity contribution < 1.29 is 19.6 Å². The van der Waals surface area contributed by atoms with E-state index in [0.717, 1.165) is 15.9 Å². The van der Waals surface area contributed by atoms with Crippen LogP contribution in [0.5, 0.6) is 0 Å². The van der Waals surface area contributed by atoms with Crippen LogP contribution in [0.1, 0.15) is 5.56 Å². The predicted octanol–water partition coefficient (Wildman–Crippen LogP) is 4.84. The minimum Gasteiger partial charge on any atom is -0.502 e. The highest BCUT2D eigenvalue weighted by Crippen LogP contribution is 2.53. The molecule has 0 amide bonds. The van der Waals surface area contributed by atoms with E-state index in [1.807, 2.05) is 91.0 Å². The molecule has 0 heterocycles. The fourth-order valence-electron chi connectivity index (χ4n) is 5.07. The molecule has 1 aliphatic rings. The average molecular weight is 522 g/mol. The van der Waals surface area contributed by atoms with Crippen molar-refractivity contribution >= 4 is 39.6 Å². The fraction of sp³-hybridized carbons (Fsp3) is 0.0323. The number of nitrogens with zero attached hydrogens (tertiary/aromatic N) is 1. The lowest BCUT2D eigenvalue weighted by Crippen LogP contribution is -2.32. The second kappa shape index (κ2) is 10.4. The number of carbonyl (C=O) groups is 1. The third-order valence-electron chi connectivity index (χ3n) is 6.57. The maximum absolute atomic E-state index is 13.6. The molecule has 0 radical (unpaired) electrons. The third-order valence-corrected chi connectivity index (χ3v) is 10.9. The normalized spacial score (nSPS) is 13.6. The first-order valence-corrected chi connectivity index (χ1v) is 13.7. The molecule has 7 heteroatoms. The van der Waals surface area contributed by atoms with Gasteiger partial charge in [0, 0.05) is 5.29 Å². The summed E-state index contributed by atoms with van der Waals surface area (Å²) in [6, 6.07) is 37.3. The Bertz CT molecular complexity index is 1520. The average Bonchev–Trinajstić information content (AvgIpc) is 3.28. The Hall–Kier alpha value is -4.67. The van der Waals surface area contributed by atoms with Crippen LogP contribution in [0.3, 0.4) is 0 Å². The molecule has 0 aliphatic heterocycles. The predicted molar refractivity (Wildman–Crippen MR) is 152 cm³/mol. The number of aliphatic hydroxyl groups excluding tert-OH is 1. The first kappa shape index (κ1) is 25.0. The molecule has 5 rings (SSSR count). The van der Waals surface area contributed by atoms with Crippen LogP contribution >= 0.6 is 6.89 Å². The molecule has 0 aromatic heterocycles. The van der Waals surface area contributed by atoms with Crippen LogP contribution in [-0.4, -0.2) is 28.4 Å². The Morgan fingerprint density at radius 3 is 1.50 bits per heavy atom. The SMILES string of the molecule is COC(=O)C1=C(c2ccccc2)C([N+](=O)[O-])=C(O)C1=P(c1ccccc1)(c1ccccc1)c1ccccc1. The molecule has 0 fully saturated rings. The number of aliphatic hydroxyl groups is 1. The zero-order chi connectivity index (χ0) is 26.7. The van der Waals surface area contributed by atoms with Gasteiger partial charge in [0.1, 0.15) is 0 Å². The van der Waals surface area contributed by atoms with Crippen molar-refractivity contribution in [2.24, 2.45) is 0 Å². The van der Waals surface area contributed by atoms with Gasteiger partial charge in [-0.25, -0.2) is 4.79 Å². The highest BCUT2D eigenvalue weighted by Gasteiger charge is 2.47. The Labute approximate surface area is 220 Å². The van der Waals surface area contributed by atoms with Crippen LogP contribution in [0, 0.1) is 10.1 Å². The van der Waals surface area contributed by atoms with Crippen molar-refractivity contribution in [3.8, 4) is 0 Å². The van der Waals surface area contributed by atoms with Crippen molar-refractivity contribution in [3.05, 3.63) is 154 Å². The summed E-state index contributed by atoms with van der Waals surface area (Å²) in [5, 5.41) is 27.1. The van der Waals surface area contributed by atoms with Crippen molar-refractivity contribution in [2.75, 3.05) is 7.11 Å². The van der Waals surface area contributed by atoms with Gasteiger partial charge in [0.25, 0.3) is 0 Å². The fourth-order valence-corrected chi connectivity index (χ4v) is 9.56. The number of hydrogen-bond donors (Lipinski definition) is 1. The summed E-state index contributed by atoms with van der Waals surface area (Å²) in [4.78, 5) is 25.5. The van der Waals surface area contributed by atoms with Crippen molar-refractivity contribution in [1.82, 2.24) is 0 Å². The van der Waals surface area contributed by atoms with E-state index in [2.05, 4.69) is 0 Å². The number of carbonyl (C=O) groups excluding carboxylic acids is 1. The zero-order valence-electron chi connectivity index (χ0n) is 20.5. The van der Waals surface area contributed by atoms with Gasteiger partial charge >= 0.3 is 11.7 Å². The molecule has 4 aromatic rings. The van der Waals surface area contributed by atoms with E-state index in [4.69, 9.17) is 4.74 Å². The number of methoxy groups -OCH3 is 1. The highest BCUT2D eigenvalue weighted by molar-refractivity contribution is 7.96. The zero-order valence-corrected chi connectivity index (χ0v) is 21.4. The minimum atomic E-state index is -3.07. The molecule has 38 heavy (non-hydrogen) atoms. The minimum absolute atomic E-state index is 0.00667. The number of rotatable bonds is 6. The van der Waals surface area contributed by atoms with Gasteiger partial charge in [-0.3, -0.25) is 10.1 Å². The Balaban J connectivity index is 2.14. The second-order valence-electron chi connectivity index (χ2n) is 8.59. The van der Waals surface area contributed by atoms with Crippen LogP contribution in [0.15, 0.2) is 138 Å². The molecule has 0 saturated carbocycles. The summed E-state index contributed by atoms with van der Waals surface area (Å²) >= 11 is 0. The molecule has 188 valence electrons. The molecule has 1 N–H and O–H groups in total. The molecule has 1 aliphatic carbocycles. The standard InChI is InChI=1S/C31H24NO5P/c1-37-31(34)27-26(22-14-6-2-7-15-22)28(32(35)36)29(33)30(27)38(23-16-8-3-9-17-23,24-18-10-4-11-19-24)25-20-12-5-13-21-25/h2-21,33H,1H3. The van der Waals surface area contributed by atoms with Gasteiger partial charge in [-0.2, -0.15) is 0 Å². The van der Waals surface area contributed by atoms with E-state index >= 15 is 0 Å². The summed E-state index contributed by atoms with van der Waals surface area (Å²) < 4.78 is 5.24. The number of allylic oxidation sites excluding steroid dienone is 2. The molecule has 0 bridgehead atoms. The lowest BCUT2D eigenvalue weighted by atomic mass is 10.0. The lowest BCUT2D eigenvalue weighted by molar-refractivity contribution is -0.418. The maximum atomic E-state index is 13.6. The van der Waals surface area contributed by atoms with Gasteiger partial charge in [0.2, 0.25) is 5.76 Å². The summed E-state index contributed by atoms with van der Waals surface area (Å²) in [5.41, 5.74) is -0.0397. The van der Waals surface area contributed by atoms with E-state index < -0.39 is 29.2 Å². The molecule has 6 nitrogen and oxygen atoms in total. The van der Waals surface area contributed by atoms with Crippen LogP contribution in [0.4, 0.5) is 0 Å². The number of benzene rings is 4. The van der Waals surface area contributed by atoms with Crippen LogP contribution in [-0.2, 0) is 9.53 Å². The summed E-state index contributed by atoms with van der Waals surface area (Å²) in [6.07, 6.45) is 0. The number of ether oxygens (including phenoxy) is 1. The summed E-state index contributed by atoms with van der Waals surface area (Å²) in [5.74, 6) is -1.28. The molecule has 4 aromatic carbocycles. The number of hydrogen-bond acceptors (Lipinski definition) is 5. The van der Waals surface area contributed by atoms with Gasteiger partial charge in [-0.05, 0) is 28.4 Å². The first-order chi connectivity index (χ1) is 18.5. The third kappa shape index (κ3) is 3.96. The molecule has 0 saturated heterocycles. The Kier molecular flexibility index (Phi) is 6.82. The highest BCUT2D eigenvalue weighted by atomic mass is 31.2. The van der Waals surface area contributed by atoms with E-state index in [-0.39, 0.29) is 16.4 Å². The van der Waals surface area contributed by atoms with E-state index in [9.17, 15) is 20.0 Å². The topological polar surface area (TPSA) is 89.7 Å². The van der Waals surface area contributed by atoms with Crippen molar-refractivity contribution in [3.63, 3.8) is 0 Å². The monoisotopic (exact) mass is 521 g/mol. The molecular formula is C31H24NO5P. The quantitative estimate of drug-likeness (QED) is 0.170. The van der Waals surface area contributed by atoms with E-state index in [1.54, 1.807) is 30.3 Å².